The summed E-state index contributed by atoms with van der Waals surface area (Å²) in [6.07, 6.45) is 43.2. The summed E-state index contributed by atoms with van der Waals surface area (Å²) in [5.41, 5.74) is 25.4. The normalized spacial score (nSPS) is 59.2. The molecule has 0 N–H and O–H groups in total. The monoisotopic (exact) mass is 496 g/mol. The van der Waals surface area contributed by atoms with Crippen LogP contribution in [0.5, 0.6) is 0 Å². The molecule has 176 valence electrons. The molecule has 17 aliphatic carbocycles. The second-order valence-electron chi connectivity index (χ2n) is 15.6. The van der Waals surface area contributed by atoms with Crippen molar-refractivity contribution in [2.45, 2.75) is 0 Å². The summed E-state index contributed by atoms with van der Waals surface area (Å²) in [7, 11) is 0. The summed E-state index contributed by atoms with van der Waals surface area (Å²) in [4.78, 5) is 0. The van der Waals surface area contributed by atoms with E-state index < -0.39 is 0 Å². The molecule has 0 saturated heterocycles. The van der Waals surface area contributed by atoms with Crippen LogP contribution in [0.3, 0.4) is 0 Å². The second-order valence-corrected chi connectivity index (χ2v) is 15.6. The highest BCUT2D eigenvalue weighted by Gasteiger charge is 3.03. The molecule has 0 aromatic heterocycles. The highest BCUT2D eigenvalue weighted by molar-refractivity contribution is 6.02. The van der Waals surface area contributed by atoms with Gasteiger partial charge in [0.15, 0.2) is 0 Å². The zero-order chi connectivity index (χ0) is 24.6. The number of hydrogen-bond acceptors (Lipinski definition) is 0. The van der Waals surface area contributed by atoms with E-state index >= 15 is 0 Å². The smallest absolute Gasteiger partial charge is 0.0502 e. The molecule has 0 heterocycles. The average molecular weight is 497 g/mol. The minimum Gasteiger partial charge on any atom is -0.0538 e. The predicted octanol–water partition coefficient (Wildman–Crippen LogP) is 6.93. The van der Waals surface area contributed by atoms with Gasteiger partial charge in [0, 0.05) is 0 Å². The Kier molecular flexibility index (Phi) is 1.39. The van der Waals surface area contributed by atoms with E-state index in [4.69, 9.17) is 0 Å². The zero-order valence-corrected chi connectivity index (χ0v) is 21.2. The highest BCUT2D eigenvalue weighted by Crippen LogP contribution is 3.08. The van der Waals surface area contributed by atoms with Gasteiger partial charge in [-0.05, 0) is 89.2 Å². The van der Waals surface area contributed by atoms with Crippen LogP contribution in [-0.2, 0) is 0 Å². The van der Waals surface area contributed by atoms with Crippen molar-refractivity contribution in [2.24, 2.45) is 43.3 Å². The SMILES string of the molecule is C1=C2C=C3C=C4C=C5C=C6C=C7C=C8C=C1C19C%10=CC%11=CC%12=CC%13=CC%14=CC%15=CC%16=CC(=C%10)C21C3%16C4%15C5%14C6%13C7%12C8%119. The van der Waals surface area contributed by atoms with Crippen molar-refractivity contribution in [1.82, 2.24) is 0 Å². The molecule has 0 bridgehead atoms. The molecular formula is C40H16. The van der Waals surface area contributed by atoms with E-state index in [1.807, 2.05) is 0 Å². The Bertz CT molecular complexity index is 1770. The van der Waals surface area contributed by atoms with Gasteiger partial charge in [0.25, 0.3) is 0 Å². The maximum absolute atomic E-state index is 2.70. The molecule has 17 aliphatic rings. The van der Waals surface area contributed by atoms with Crippen molar-refractivity contribution >= 4 is 0 Å². The molecule has 40 heavy (non-hydrogen) atoms. The maximum atomic E-state index is 2.70. The summed E-state index contributed by atoms with van der Waals surface area (Å²) in [5.74, 6) is 0. The Morgan fingerprint density at radius 1 is 0.150 bits per heavy atom. The van der Waals surface area contributed by atoms with E-state index in [0.717, 1.165) is 0 Å². The molecule has 0 nitrogen and oxygen atoms in total. The third kappa shape index (κ3) is 0.703. The first-order valence-electron chi connectivity index (χ1n) is 15.2. The Balaban J connectivity index is 1.31. The minimum atomic E-state index is -0.0617. The standard InChI is InChI=1S/C40H16/c1-17-2-19-4-25-11-29-15-30-12-26-5-20-3-18(1)34-22-6-21-7-23-9-27-13-31-16-32-14-28-10-24(8-22)36(20,34)38(26,28)40(30,32)39(29,31)37(25,27)35(19,23)33(17,21)34/h1-16H. The van der Waals surface area contributed by atoms with Crippen LogP contribution in [0.2, 0.25) is 0 Å². The Hall–Kier alpha value is -4.16. The van der Waals surface area contributed by atoms with E-state index in [1.165, 1.54) is 0 Å². The van der Waals surface area contributed by atoms with Gasteiger partial charge >= 0.3 is 0 Å². The first-order valence-corrected chi connectivity index (χ1v) is 15.2. The van der Waals surface area contributed by atoms with Gasteiger partial charge in [-0.15, -0.1) is 0 Å². The van der Waals surface area contributed by atoms with E-state index in [9.17, 15) is 0 Å². The lowest BCUT2D eigenvalue weighted by molar-refractivity contribution is -0.119. The molecule has 1 saturated carbocycles. The van der Waals surface area contributed by atoms with E-state index in [-0.39, 0.29) is 43.3 Å². The third-order valence-electron chi connectivity index (χ3n) is 16.4. The Labute approximate surface area is 229 Å². The van der Waals surface area contributed by atoms with Gasteiger partial charge in [-0.2, -0.15) is 0 Å². The molecule has 0 aromatic carbocycles. The van der Waals surface area contributed by atoms with Gasteiger partial charge in [-0.25, -0.2) is 0 Å². The van der Waals surface area contributed by atoms with E-state index in [0.29, 0.717) is 0 Å². The zero-order valence-electron chi connectivity index (χ0n) is 21.2. The molecule has 0 amide bonds. The van der Waals surface area contributed by atoms with E-state index in [2.05, 4.69) is 97.2 Å². The van der Waals surface area contributed by atoms with Crippen LogP contribution >= 0.6 is 0 Å². The number of rotatable bonds is 0. The van der Waals surface area contributed by atoms with Gasteiger partial charge in [0.2, 0.25) is 0 Å². The molecule has 8 spiro atoms. The van der Waals surface area contributed by atoms with Gasteiger partial charge in [0.05, 0.1) is 43.3 Å². The van der Waals surface area contributed by atoms with Crippen LogP contribution in [0.15, 0.2) is 186 Å². The van der Waals surface area contributed by atoms with Gasteiger partial charge in [0.1, 0.15) is 0 Å². The first-order chi connectivity index (χ1) is 19.7. The van der Waals surface area contributed by atoms with Crippen LogP contribution < -0.4 is 0 Å². The quantitative estimate of drug-likeness (QED) is 0.341. The third-order valence-corrected chi connectivity index (χ3v) is 16.4. The molecule has 1 fully saturated rings. The predicted molar refractivity (Wildman–Crippen MR) is 149 cm³/mol. The van der Waals surface area contributed by atoms with Crippen molar-refractivity contribution in [3.8, 4) is 0 Å². The number of allylic oxidation sites excluding steroid dienone is 32. The summed E-state index contributed by atoms with van der Waals surface area (Å²) in [6, 6.07) is 0. The van der Waals surface area contributed by atoms with Crippen LogP contribution in [0.25, 0.3) is 0 Å². The highest BCUT2D eigenvalue weighted by atomic mass is 15.0. The van der Waals surface area contributed by atoms with Crippen molar-refractivity contribution in [1.29, 1.82) is 0 Å². The molecule has 0 heteroatoms. The lowest BCUT2D eigenvalue weighted by Crippen LogP contribution is -2.70. The van der Waals surface area contributed by atoms with Crippen LogP contribution in [0.4, 0.5) is 0 Å². The fourth-order valence-corrected chi connectivity index (χ4v) is 17.3. The maximum Gasteiger partial charge on any atom is 0.0502 e. The van der Waals surface area contributed by atoms with Crippen molar-refractivity contribution < 1.29 is 0 Å². The molecule has 0 aromatic rings. The van der Waals surface area contributed by atoms with Crippen molar-refractivity contribution in [3.63, 3.8) is 0 Å². The summed E-state index contributed by atoms with van der Waals surface area (Å²) in [6.45, 7) is 0. The fraction of sp³-hybridized carbons (Fsp3) is 0.200. The topological polar surface area (TPSA) is 0 Å². The molecule has 0 unspecified atom stereocenters. The number of hydrogen-bond donors (Lipinski definition) is 0. The minimum absolute atomic E-state index is 0.0617. The van der Waals surface area contributed by atoms with Crippen LogP contribution in [-0.4, -0.2) is 0 Å². The molecule has 0 radical (unpaired) electrons. The van der Waals surface area contributed by atoms with E-state index in [1.54, 1.807) is 89.2 Å². The molecule has 0 atom stereocenters. The van der Waals surface area contributed by atoms with Gasteiger partial charge in [-0.1, -0.05) is 97.2 Å². The lowest BCUT2D eigenvalue weighted by atomic mass is 9.27. The first kappa shape index (κ1) is 16.2. The second kappa shape index (κ2) is 3.43. The average Bonchev–Trinajstić information content (AvgIpc) is 3.70. The lowest BCUT2D eigenvalue weighted by Gasteiger charge is -2.71. The fourth-order valence-electron chi connectivity index (χ4n) is 17.3. The summed E-state index contributed by atoms with van der Waals surface area (Å²) >= 11 is 0. The summed E-state index contributed by atoms with van der Waals surface area (Å²) < 4.78 is 0. The summed E-state index contributed by atoms with van der Waals surface area (Å²) in [5, 5.41) is 0. The van der Waals surface area contributed by atoms with Crippen LogP contribution in [0, 0.1) is 43.3 Å². The Morgan fingerprint density at radius 2 is 0.225 bits per heavy atom. The molecular weight excluding hydrogens is 480 g/mol. The van der Waals surface area contributed by atoms with Gasteiger partial charge in [-0.3, -0.25) is 0 Å². The largest absolute Gasteiger partial charge is 0.0538 e. The molecule has 17 rings (SSSR count). The van der Waals surface area contributed by atoms with Gasteiger partial charge < -0.3 is 0 Å². The van der Waals surface area contributed by atoms with Crippen molar-refractivity contribution in [2.75, 3.05) is 0 Å². The van der Waals surface area contributed by atoms with Crippen LogP contribution in [0.1, 0.15) is 0 Å². The van der Waals surface area contributed by atoms with Crippen molar-refractivity contribution in [3.05, 3.63) is 186 Å². The molecule has 0 aliphatic heterocycles. The Morgan fingerprint density at radius 3 is 0.300 bits per heavy atom.